The van der Waals surface area contributed by atoms with E-state index in [9.17, 15) is 4.79 Å². The lowest BCUT2D eigenvalue weighted by Crippen LogP contribution is -2.07. The quantitative estimate of drug-likeness (QED) is 0.806. The van der Waals surface area contributed by atoms with E-state index < -0.39 is 0 Å². The molecule has 0 bridgehead atoms. The second-order valence-corrected chi connectivity index (χ2v) is 2.96. The van der Waals surface area contributed by atoms with Gasteiger partial charge in [-0.15, -0.1) is 10.2 Å². The van der Waals surface area contributed by atoms with Gasteiger partial charge in [-0.1, -0.05) is 0 Å². The van der Waals surface area contributed by atoms with Gasteiger partial charge >= 0.3 is 0 Å². The molecule has 0 aliphatic carbocycles. The van der Waals surface area contributed by atoms with E-state index in [0.717, 1.165) is 0 Å². The number of hydrogen-bond acceptors (Lipinski definition) is 4. The minimum atomic E-state index is -0.171. The predicted octanol–water partition coefficient (Wildman–Crippen LogP) is 1.69. The van der Waals surface area contributed by atoms with E-state index in [1.807, 2.05) is 0 Å². The first-order valence-electron chi connectivity index (χ1n) is 4.41. The fourth-order valence-corrected chi connectivity index (χ4v) is 1.14. The molecule has 5 nitrogen and oxygen atoms in total. The van der Waals surface area contributed by atoms with Gasteiger partial charge in [0.05, 0.1) is 6.26 Å². The van der Waals surface area contributed by atoms with Crippen LogP contribution in [0.1, 0.15) is 6.92 Å². The molecule has 1 N–H and O–H groups in total. The number of nitrogens with zero attached hydrogens (tertiary/aromatic N) is 2. The van der Waals surface area contributed by atoms with Crippen LogP contribution in [0.2, 0.25) is 0 Å². The molecular weight excluding hydrogens is 194 g/mol. The van der Waals surface area contributed by atoms with Crippen molar-refractivity contribution >= 4 is 11.7 Å². The molecule has 2 aromatic rings. The van der Waals surface area contributed by atoms with Gasteiger partial charge in [-0.2, -0.15) is 0 Å². The molecule has 2 aromatic heterocycles. The summed E-state index contributed by atoms with van der Waals surface area (Å²) in [4.78, 5) is 10.7. The van der Waals surface area contributed by atoms with Crippen molar-refractivity contribution in [3.05, 3.63) is 30.5 Å². The summed E-state index contributed by atoms with van der Waals surface area (Å²) < 4.78 is 5.15. The Bertz CT molecular complexity index is 448. The van der Waals surface area contributed by atoms with Gasteiger partial charge in [-0.05, 0) is 24.3 Å². The van der Waals surface area contributed by atoms with E-state index in [1.165, 1.54) is 6.92 Å². The Morgan fingerprint density at radius 1 is 1.33 bits per heavy atom. The molecule has 1 amide bonds. The number of carbonyl (C=O) groups excluding carboxylic acids is 1. The summed E-state index contributed by atoms with van der Waals surface area (Å²) in [6, 6.07) is 6.98. The average molecular weight is 203 g/mol. The highest BCUT2D eigenvalue weighted by Gasteiger charge is 2.03. The van der Waals surface area contributed by atoms with Crippen molar-refractivity contribution in [1.29, 1.82) is 0 Å². The van der Waals surface area contributed by atoms with Crippen LogP contribution in [0.15, 0.2) is 34.9 Å². The number of carbonyl (C=O) groups is 1. The van der Waals surface area contributed by atoms with Crippen LogP contribution in [0.25, 0.3) is 11.5 Å². The zero-order chi connectivity index (χ0) is 10.7. The van der Waals surface area contributed by atoms with Gasteiger partial charge in [0.15, 0.2) is 11.6 Å². The molecular formula is C10H9N3O2. The van der Waals surface area contributed by atoms with Crippen LogP contribution in [0.3, 0.4) is 0 Å². The first kappa shape index (κ1) is 9.39. The van der Waals surface area contributed by atoms with E-state index in [2.05, 4.69) is 15.5 Å². The minimum absolute atomic E-state index is 0.171. The van der Waals surface area contributed by atoms with Crippen molar-refractivity contribution in [2.24, 2.45) is 0 Å². The number of aromatic nitrogens is 2. The molecule has 0 aliphatic heterocycles. The molecule has 0 spiro atoms. The standard InChI is InChI=1S/C10H9N3O2/c1-7(14)11-10-5-4-8(12-13-10)9-3-2-6-15-9/h2-6H,1H3,(H,11,13,14). The van der Waals surface area contributed by atoms with Gasteiger partial charge in [-0.25, -0.2) is 0 Å². The third-order valence-corrected chi connectivity index (χ3v) is 1.74. The molecule has 0 saturated heterocycles. The van der Waals surface area contributed by atoms with Crippen molar-refractivity contribution in [2.45, 2.75) is 6.92 Å². The lowest BCUT2D eigenvalue weighted by atomic mass is 10.3. The van der Waals surface area contributed by atoms with E-state index in [-0.39, 0.29) is 5.91 Å². The molecule has 0 aliphatic rings. The lowest BCUT2D eigenvalue weighted by molar-refractivity contribution is -0.114. The Morgan fingerprint density at radius 3 is 2.73 bits per heavy atom. The summed E-state index contributed by atoms with van der Waals surface area (Å²) in [5.41, 5.74) is 0.633. The fourth-order valence-electron chi connectivity index (χ4n) is 1.14. The van der Waals surface area contributed by atoms with Gasteiger partial charge in [0.25, 0.3) is 0 Å². The van der Waals surface area contributed by atoms with E-state index >= 15 is 0 Å². The van der Waals surface area contributed by atoms with Crippen molar-refractivity contribution in [2.75, 3.05) is 5.32 Å². The maximum atomic E-state index is 10.7. The Hall–Kier alpha value is -2.17. The van der Waals surface area contributed by atoms with E-state index in [1.54, 1.807) is 30.5 Å². The molecule has 15 heavy (non-hydrogen) atoms. The highest BCUT2D eigenvalue weighted by Crippen LogP contribution is 2.16. The summed E-state index contributed by atoms with van der Waals surface area (Å²) in [6.07, 6.45) is 1.57. The minimum Gasteiger partial charge on any atom is -0.463 e. The molecule has 0 unspecified atom stereocenters. The molecule has 0 saturated carbocycles. The SMILES string of the molecule is CC(=O)Nc1ccc(-c2ccco2)nn1. The molecule has 0 aromatic carbocycles. The molecule has 2 heterocycles. The van der Waals surface area contributed by atoms with E-state index in [0.29, 0.717) is 17.3 Å². The molecule has 0 fully saturated rings. The van der Waals surface area contributed by atoms with Gasteiger partial charge in [0, 0.05) is 6.92 Å². The maximum Gasteiger partial charge on any atom is 0.222 e. The Kier molecular flexibility index (Phi) is 2.45. The van der Waals surface area contributed by atoms with Crippen LogP contribution in [-0.4, -0.2) is 16.1 Å². The third-order valence-electron chi connectivity index (χ3n) is 1.74. The fraction of sp³-hybridized carbons (Fsp3) is 0.100. The molecule has 0 radical (unpaired) electrons. The van der Waals surface area contributed by atoms with Gasteiger partial charge < -0.3 is 9.73 Å². The van der Waals surface area contributed by atoms with Crippen LogP contribution in [0.4, 0.5) is 5.82 Å². The second-order valence-electron chi connectivity index (χ2n) is 2.96. The number of furan rings is 1. The summed E-state index contributed by atoms with van der Waals surface area (Å²) in [6.45, 7) is 1.42. The van der Waals surface area contributed by atoms with Crippen LogP contribution < -0.4 is 5.32 Å². The Labute approximate surface area is 86.1 Å². The topological polar surface area (TPSA) is 68.0 Å². The predicted molar refractivity (Wildman–Crippen MR) is 54.0 cm³/mol. The molecule has 76 valence electrons. The summed E-state index contributed by atoms with van der Waals surface area (Å²) >= 11 is 0. The van der Waals surface area contributed by atoms with E-state index in [4.69, 9.17) is 4.42 Å². The Balaban J connectivity index is 2.21. The number of amides is 1. The summed E-state index contributed by atoms with van der Waals surface area (Å²) in [5, 5.41) is 10.3. The average Bonchev–Trinajstić information content (AvgIpc) is 2.71. The van der Waals surface area contributed by atoms with Crippen LogP contribution in [0.5, 0.6) is 0 Å². The number of hydrogen-bond donors (Lipinski definition) is 1. The number of anilines is 1. The first-order chi connectivity index (χ1) is 7.25. The lowest BCUT2D eigenvalue weighted by Gasteiger charge is -1.99. The highest BCUT2D eigenvalue weighted by molar-refractivity contribution is 5.87. The smallest absolute Gasteiger partial charge is 0.222 e. The summed E-state index contributed by atoms with van der Waals surface area (Å²) in [5.74, 6) is 0.907. The largest absolute Gasteiger partial charge is 0.463 e. The normalized spacial score (nSPS) is 9.93. The van der Waals surface area contributed by atoms with Crippen LogP contribution in [-0.2, 0) is 4.79 Å². The highest BCUT2D eigenvalue weighted by atomic mass is 16.3. The zero-order valence-corrected chi connectivity index (χ0v) is 8.10. The van der Waals surface area contributed by atoms with Gasteiger partial charge in [0.2, 0.25) is 5.91 Å². The monoisotopic (exact) mass is 203 g/mol. The van der Waals surface area contributed by atoms with Gasteiger partial charge in [0.1, 0.15) is 5.69 Å². The first-order valence-corrected chi connectivity index (χ1v) is 4.41. The van der Waals surface area contributed by atoms with Crippen molar-refractivity contribution < 1.29 is 9.21 Å². The van der Waals surface area contributed by atoms with Crippen molar-refractivity contribution in [3.63, 3.8) is 0 Å². The second kappa shape index (κ2) is 3.91. The van der Waals surface area contributed by atoms with Crippen molar-refractivity contribution in [1.82, 2.24) is 10.2 Å². The third kappa shape index (κ3) is 2.19. The molecule has 2 rings (SSSR count). The Morgan fingerprint density at radius 2 is 2.20 bits per heavy atom. The summed E-state index contributed by atoms with van der Waals surface area (Å²) in [7, 11) is 0. The number of rotatable bonds is 2. The van der Waals surface area contributed by atoms with Gasteiger partial charge in [-0.3, -0.25) is 4.79 Å². The molecule has 5 heteroatoms. The number of nitrogens with one attached hydrogen (secondary N) is 1. The molecule has 0 atom stereocenters. The van der Waals surface area contributed by atoms with Crippen molar-refractivity contribution in [3.8, 4) is 11.5 Å². The maximum absolute atomic E-state index is 10.7. The van der Waals surface area contributed by atoms with Crippen LogP contribution >= 0.6 is 0 Å². The van der Waals surface area contributed by atoms with Crippen LogP contribution in [0, 0.1) is 0 Å². The zero-order valence-electron chi connectivity index (χ0n) is 8.10.